The molecule has 0 radical (unpaired) electrons. The molecule has 3 aromatic heterocycles. The summed E-state index contributed by atoms with van der Waals surface area (Å²) in [5.74, 6) is 0.764. The molecule has 1 aliphatic carbocycles. The minimum Gasteiger partial charge on any atom is -0.390 e. The van der Waals surface area contributed by atoms with E-state index in [-0.39, 0.29) is 12.0 Å². The van der Waals surface area contributed by atoms with Crippen LogP contribution in [0.2, 0.25) is 5.02 Å². The van der Waals surface area contributed by atoms with E-state index in [0.29, 0.717) is 17.1 Å². The molecule has 4 aromatic rings. The third-order valence-corrected chi connectivity index (χ3v) is 5.82. The number of H-pyrrole nitrogens is 1. The molecule has 0 aliphatic heterocycles. The van der Waals surface area contributed by atoms with Crippen LogP contribution < -0.4 is 5.32 Å². The standard InChI is InChI=1S/C20H20ClN5O2/c1-10-6-16(20(28)19(10)27)24-17-4-5-22-18-8-15(25-26(17)18)13-9-23-14-7-11(21)2-3-12(13)14/h2-5,7-10,16,19-20,23-24,27-28H,6H2,1H3/t10-,16-,19-,20+/m1/s1. The highest BCUT2D eigenvalue weighted by Crippen LogP contribution is 2.32. The van der Waals surface area contributed by atoms with Gasteiger partial charge in [-0.2, -0.15) is 9.61 Å². The Morgan fingerprint density at radius 1 is 1.21 bits per heavy atom. The number of rotatable bonds is 3. The van der Waals surface area contributed by atoms with Gasteiger partial charge in [-0.3, -0.25) is 0 Å². The van der Waals surface area contributed by atoms with Crippen LogP contribution in [0.25, 0.3) is 27.8 Å². The maximum atomic E-state index is 10.3. The number of anilines is 1. The number of aliphatic hydroxyl groups is 2. The van der Waals surface area contributed by atoms with Crippen molar-refractivity contribution >= 4 is 34.0 Å². The molecule has 8 heteroatoms. The lowest BCUT2D eigenvalue weighted by atomic mass is 10.1. The van der Waals surface area contributed by atoms with E-state index >= 15 is 0 Å². The molecule has 7 nitrogen and oxygen atoms in total. The fourth-order valence-electron chi connectivity index (χ4n) is 4.03. The highest BCUT2D eigenvalue weighted by molar-refractivity contribution is 6.31. The average Bonchev–Trinajstić information content (AvgIpc) is 3.35. The van der Waals surface area contributed by atoms with E-state index in [1.165, 1.54) is 0 Å². The number of benzene rings is 1. The Morgan fingerprint density at radius 2 is 2.07 bits per heavy atom. The number of aliphatic hydroxyl groups excluding tert-OH is 2. The van der Waals surface area contributed by atoms with E-state index < -0.39 is 12.2 Å². The number of hydrogen-bond acceptors (Lipinski definition) is 5. The largest absolute Gasteiger partial charge is 0.390 e. The normalized spacial score (nSPS) is 25.0. The van der Waals surface area contributed by atoms with Crippen LogP contribution in [-0.2, 0) is 0 Å². The fourth-order valence-corrected chi connectivity index (χ4v) is 4.21. The van der Waals surface area contributed by atoms with Crippen molar-refractivity contribution in [2.45, 2.75) is 31.6 Å². The minimum absolute atomic E-state index is 0.0380. The number of aromatic nitrogens is 4. The second-order valence-corrected chi connectivity index (χ2v) is 7.90. The molecule has 1 aliphatic rings. The molecule has 1 saturated carbocycles. The lowest BCUT2D eigenvalue weighted by Gasteiger charge is -2.19. The Hall–Kier alpha value is -2.61. The summed E-state index contributed by atoms with van der Waals surface area (Å²) in [6.45, 7) is 1.94. The topological polar surface area (TPSA) is 98.5 Å². The zero-order valence-electron chi connectivity index (χ0n) is 15.2. The molecular formula is C20H20ClN5O2. The van der Waals surface area contributed by atoms with Gasteiger partial charge in [-0.05, 0) is 30.5 Å². The molecule has 3 heterocycles. The Labute approximate surface area is 166 Å². The molecule has 144 valence electrons. The molecule has 1 aromatic carbocycles. The van der Waals surface area contributed by atoms with Crippen LogP contribution in [0, 0.1) is 5.92 Å². The van der Waals surface area contributed by atoms with Gasteiger partial charge in [-0.25, -0.2) is 4.98 Å². The second kappa shape index (κ2) is 6.48. The van der Waals surface area contributed by atoms with Crippen molar-refractivity contribution in [3.8, 4) is 11.3 Å². The Bertz CT molecular complexity index is 1170. The van der Waals surface area contributed by atoms with Crippen LogP contribution in [0.15, 0.2) is 42.7 Å². The predicted molar refractivity (Wildman–Crippen MR) is 108 cm³/mol. The number of fused-ring (bicyclic) bond motifs is 2. The van der Waals surface area contributed by atoms with E-state index in [1.54, 1.807) is 10.7 Å². The first kappa shape index (κ1) is 17.5. The van der Waals surface area contributed by atoms with Gasteiger partial charge in [-0.1, -0.05) is 24.6 Å². The number of nitrogens with one attached hydrogen (secondary N) is 2. The summed E-state index contributed by atoms with van der Waals surface area (Å²) in [5, 5.41) is 30.1. The molecular weight excluding hydrogens is 378 g/mol. The van der Waals surface area contributed by atoms with Crippen LogP contribution in [-0.4, -0.2) is 48.0 Å². The van der Waals surface area contributed by atoms with Crippen LogP contribution in [0.1, 0.15) is 13.3 Å². The quantitative estimate of drug-likeness (QED) is 0.426. The van der Waals surface area contributed by atoms with Crippen molar-refractivity contribution in [1.29, 1.82) is 0 Å². The van der Waals surface area contributed by atoms with Crippen LogP contribution in [0.4, 0.5) is 5.82 Å². The summed E-state index contributed by atoms with van der Waals surface area (Å²) in [6, 6.07) is 9.22. The third-order valence-electron chi connectivity index (χ3n) is 5.58. The summed E-state index contributed by atoms with van der Waals surface area (Å²) in [7, 11) is 0. The summed E-state index contributed by atoms with van der Waals surface area (Å²) in [5.41, 5.74) is 3.40. The predicted octanol–water partition coefficient (Wildman–Crippen LogP) is 3.07. The van der Waals surface area contributed by atoms with Gasteiger partial charge in [-0.15, -0.1) is 0 Å². The Kier molecular flexibility index (Phi) is 4.04. The smallest absolute Gasteiger partial charge is 0.157 e. The van der Waals surface area contributed by atoms with E-state index in [2.05, 4.69) is 15.3 Å². The van der Waals surface area contributed by atoms with Crippen molar-refractivity contribution in [2.24, 2.45) is 5.92 Å². The monoisotopic (exact) mass is 397 g/mol. The van der Waals surface area contributed by atoms with Gasteiger partial charge in [0.25, 0.3) is 0 Å². The number of aromatic amines is 1. The van der Waals surface area contributed by atoms with Gasteiger partial charge >= 0.3 is 0 Å². The first-order valence-electron chi connectivity index (χ1n) is 9.26. The summed E-state index contributed by atoms with van der Waals surface area (Å²) >= 11 is 6.08. The molecule has 5 rings (SSSR count). The number of halogens is 1. The Balaban J connectivity index is 1.54. The van der Waals surface area contributed by atoms with Crippen molar-refractivity contribution in [1.82, 2.24) is 19.6 Å². The highest BCUT2D eigenvalue weighted by atomic mass is 35.5. The van der Waals surface area contributed by atoms with Crippen LogP contribution in [0.3, 0.4) is 0 Å². The Morgan fingerprint density at radius 3 is 2.86 bits per heavy atom. The molecule has 4 N–H and O–H groups in total. The fraction of sp³-hybridized carbons (Fsp3) is 0.300. The second-order valence-electron chi connectivity index (χ2n) is 7.47. The van der Waals surface area contributed by atoms with Crippen molar-refractivity contribution < 1.29 is 10.2 Å². The molecule has 1 fully saturated rings. The summed E-state index contributed by atoms with van der Waals surface area (Å²) in [4.78, 5) is 7.64. The van der Waals surface area contributed by atoms with Crippen LogP contribution in [0.5, 0.6) is 0 Å². The maximum Gasteiger partial charge on any atom is 0.157 e. The van der Waals surface area contributed by atoms with Crippen molar-refractivity contribution in [3.63, 3.8) is 0 Å². The number of nitrogens with zero attached hydrogens (tertiary/aromatic N) is 3. The molecule has 0 bridgehead atoms. The van der Waals surface area contributed by atoms with E-state index in [0.717, 1.165) is 28.0 Å². The maximum absolute atomic E-state index is 10.3. The molecule has 0 amide bonds. The lowest BCUT2D eigenvalue weighted by Crippen LogP contribution is -2.35. The molecule has 0 spiro atoms. The lowest BCUT2D eigenvalue weighted by molar-refractivity contribution is 0.0210. The zero-order valence-corrected chi connectivity index (χ0v) is 15.9. The number of hydrogen-bond donors (Lipinski definition) is 4. The van der Waals surface area contributed by atoms with Crippen molar-refractivity contribution in [3.05, 3.63) is 47.7 Å². The van der Waals surface area contributed by atoms with Crippen molar-refractivity contribution in [2.75, 3.05) is 5.32 Å². The third kappa shape index (κ3) is 2.74. The minimum atomic E-state index is -0.813. The van der Waals surface area contributed by atoms with Crippen LogP contribution >= 0.6 is 11.6 Å². The zero-order chi connectivity index (χ0) is 19.4. The molecule has 28 heavy (non-hydrogen) atoms. The molecule has 4 atom stereocenters. The average molecular weight is 398 g/mol. The highest BCUT2D eigenvalue weighted by Gasteiger charge is 2.39. The van der Waals surface area contributed by atoms with Gasteiger partial charge in [0.15, 0.2) is 5.65 Å². The molecule has 0 unspecified atom stereocenters. The SMILES string of the molecule is C[C@@H]1C[C@@H](Nc2ccnc3cc(-c4c[nH]c5cc(Cl)ccc45)nn23)[C@H](O)[C@@H]1O. The summed E-state index contributed by atoms with van der Waals surface area (Å²) in [6.07, 6.45) is 2.77. The first-order chi connectivity index (χ1) is 13.5. The van der Waals surface area contributed by atoms with Gasteiger partial charge in [0.05, 0.1) is 17.8 Å². The summed E-state index contributed by atoms with van der Waals surface area (Å²) < 4.78 is 1.73. The van der Waals surface area contributed by atoms with Gasteiger partial charge in [0.2, 0.25) is 0 Å². The van der Waals surface area contributed by atoms with Gasteiger partial charge in [0.1, 0.15) is 11.9 Å². The first-order valence-corrected chi connectivity index (χ1v) is 9.63. The molecule has 0 saturated heterocycles. The van der Waals surface area contributed by atoms with E-state index in [4.69, 9.17) is 16.7 Å². The van der Waals surface area contributed by atoms with E-state index in [9.17, 15) is 10.2 Å². The van der Waals surface area contributed by atoms with Gasteiger partial charge < -0.3 is 20.5 Å². The van der Waals surface area contributed by atoms with Gasteiger partial charge in [0, 0.05) is 39.9 Å². The van der Waals surface area contributed by atoms with E-state index in [1.807, 2.05) is 43.5 Å².